The zero-order chi connectivity index (χ0) is 14.6. The molecule has 7 heteroatoms. The minimum absolute atomic E-state index is 0.0192. The van der Waals surface area contributed by atoms with Crippen molar-refractivity contribution in [1.82, 2.24) is 9.97 Å². The SMILES string of the molecule is OC(CNc1ncccn1)c1cccc(C(F)(F)F)c1. The maximum Gasteiger partial charge on any atom is 0.416 e. The number of halogens is 3. The fourth-order valence-corrected chi connectivity index (χ4v) is 1.62. The summed E-state index contributed by atoms with van der Waals surface area (Å²) in [5, 5.41) is 12.6. The van der Waals surface area contributed by atoms with E-state index in [0.717, 1.165) is 12.1 Å². The minimum Gasteiger partial charge on any atom is -0.387 e. The molecule has 2 N–H and O–H groups in total. The molecule has 1 atom stereocenters. The number of rotatable bonds is 4. The summed E-state index contributed by atoms with van der Waals surface area (Å²) in [5.74, 6) is 0.304. The second-order valence-corrected chi connectivity index (χ2v) is 4.09. The molecule has 0 spiro atoms. The number of hydrogen-bond donors (Lipinski definition) is 2. The Morgan fingerprint density at radius 1 is 1.15 bits per heavy atom. The zero-order valence-electron chi connectivity index (χ0n) is 10.3. The van der Waals surface area contributed by atoms with Crippen molar-refractivity contribution in [3.05, 3.63) is 53.9 Å². The van der Waals surface area contributed by atoms with E-state index in [9.17, 15) is 18.3 Å². The standard InChI is InChI=1S/C13H12F3N3O/c14-13(15,16)10-4-1-3-9(7-10)11(20)8-19-12-17-5-2-6-18-12/h1-7,11,20H,8H2,(H,17,18,19). The van der Waals surface area contributed by atoms with Gasteiger partial charge in [0.15, 0.2) is 0 Å². The van der Waals surface area contributed by atoms with Crippen molar-refractivity contribution in [2.75, 3.05) is 11.9 Å². The van der Waals surface area contributed by atoms with Crippen molar-refractivity contribution in [3.63, 3.8) is 0 Å². The number of benzene rings is 1. The molecule has 0 aliphatic rings. The number of anilines is 1. The van der Waals surface area contributed by atoms with Gasteiger partial charge in [0, 0.05) is 18.9 Å². The van der Waals surface area contributed by atoms with Gasteiger partial charge in [0.2, 0.25) is 5.95 Å². The van der Waals surface area contributed by atoms with Crippen LogP contribution in [0.1, 0.15) is 17.2 Å². The summed E-state index contributed by atoms with van der Waals surface area (Å²) >= 11 is 0. The molecule has 0 fully saturated rings. The van der Waals surface area contributed by atoms with Crippen molar-refractivity contribution in [2.24, 2.45) is 0 Å². The molecular formula is C13H12F3N3O. The first kappa shape index (κ1) is 14.3. The quantitative estimate of drug-likeness (QED) is 0.905. The molecule has 1 heterocycles. The zero-order valence-corrected chi connectivity index (χ0v) is 10.3. The highest BCUT2D eigenvalue weighted by atomic mass is 19.4. The average molecular weight is 283 g/mol. The van der Waals surface area contributed by atoms with E-state index in [4.69, 9.17) is 0 Å². The van der Waals surface area contributed by atoms with Crippen LogP contribution >= 0.6 is 0 Å². The third kappa shape index (κ3) is 3.67. The lowest BCUT2D eigenvalue weighted by Crippen LogP contribution is -2.14. The smallest absolute Gasteiger partial charge is 0.387 e. The number of alkyl halides is 3. The lowest BCUT2D eigenvalue weighted by atomic mass is 10.1. The second-order valence-electron chi connectivity index (χ2n) is 4.09. The lowest BCUT2D eigenvalue weighted by molar-refractivity contribution is -0.137. The van der Waals surface area contributed by atoms with Crippen LogP contribution in [0, 0.1) is 0 Å². The number of nitrogens with zero attached hydrogens (tertiary/aromatic N) is 2. The van der Waals surface area contributed by atoms with Gasteiger partial charge in [0.25, 0.3) is 0 Å². The highest BCUT2D eigenvalue weighted by Crippen LogP contribution is 2.30. The van der Waals surface area contributed by atoms with E-state index in [1.54, 1.807) is 6.07 Å². The molecule has 2 aromatic rings. The van der Waals surface area contributed by atoms with E-state index in [-0.39, 0.29) is 12.1 Å². The van der Waals surface area contributed by atoms with Crippen LogP contribution in [-0.4, -0.2) is 21.6 Å². The maximum absolute atomic E-state index is 12.6. The number of hydrogen-bond acceptors (Lipinski definition) is 4. The fraction of sp³-hybridized carbons (Fsp3) is 0.231. The summed E-state index contributed by atoms with van der Waals surface area (Å²) in [6.45, 7) is 0.0192. The monoisotopic (exact) mass is 283 g/mol. The third-order valence-electron chi connectivity index (χ3n) is 2.62. The Bertz CT molecular complexity index is 560. The third-order valence-corrected chi connectivity index (χ3v) is 2.62. The first-order chi connectivity index (χ1) is 9.47. The Morgan fingerprint density at radius 3 is 2.50 bits per heavy atom. The van der Waals surface area contributed by atoms with Crippen LogP contribution in [0.2, 0.25) is 0 Å². The van der Waals surface area contributed by atoms with Crippen LogP contribution in [0.25, 0.3) is 0 Å². The summed E-state index contributed by atoms with van der Waals surface area (Å²) in [5.41, 5.74) is -0.603. The van der Waals surface area contributed by atoms with E-state index in [2.05, 4.69) is 15.3 Å². The van der Waals surface area contributed by atoms with Crippen molar-refractivity contribution < 1.29 is 18.3 Å². The predicted molar refractivity (Wildman–Crippen MR) is 66.9 cm³/mol. The van der Waals surface area contributed by atoms with E-state index >= 15 is 0 Å². The van der Waals surface area contributed by atoms with Crippen LogP contribution in [0.4, 0.5) is 19.1 Å². The second kappa shape index (κ2) is 5.87. The molecule has 4 nitrogen and oxygen atoms in total. The molecule has 1 aromatic carbocycles. The summed E-state index contributed by atoms with van der Waals surface area (Å²) < 4.78 is 37.7. The summed E-state index contributed by atoms with van der Waals surface area (Å²) in [7, 11) is 0. The van der Waals surface area contributed by atoms with Gasteiger partial charge in [-0.1, -0.05) is 12.1 Å². The molecular weight excluding hydrogens is 271 g/mol. The molecule has 2 rings (SSSR count). The molecule has 20 heavy (non-hydrogen) atoms. The molecule has 0 amide bonds. The molecule has 1 aromatic heterocycles. The highest BCUT2D eigenvalue weighted by Gasteiger charge is 2.30. The predicted octanol–water partition coefficient (Wildman–Crippen LogP) is 2.64. The summed E-state index contributed by atoms with van der Waals surface area (Å²) in [4.78, 5) is 7.78. The lowest BCUT2D eigenvalue weighted by Gasteiger charge is -2.14. The van der Waals surface area contributed by atoms with E-state index in [0.29, 0.717) is 5.95 Å². The van der Waals surface area contributed by atoms with Crippen LogP contribution < -0.4 is 5.32 Å². The van der Waals surface area contributed by atoms with Crippen molar-refractivity contribution >= 4 is 5.95 Å². The van der Waals surface area contributed by atoms with E-state index in [1.807, 2.05) is 0 Å². The first-order valence-corrected chi connectivity index (χ1v) is 5.83. The molecule has 1 unspecified atom stereocenters. The molecule has 0 saturated carbocycles. The van der Waals surface area contributed by atoms with E-state index in [1.165, 1.54) is 24.5 Å². The molecule has 0 aliphatic heterocycles. The highest BCUT2D eigenvalue weighted by molar-refractivity contribution is 5.29. The van der Waals surface area contributed by atoms with Gasteiger partial charge in [-0.3, -0.25) is 0 Å². The van der Waals surface area contributed by atoms with Gasteiger partial charge in [0.05, 0.1) is 11.7 Å². The Balaban J connectivity index is 2.04. The summed E-state index contributed by atoms with van der Waals surface area (Å²) in [6, 6.07) is 6.23. The number of nitrogens with one attached hydrogen (secondary N) is 1. The molecule has 0 radical (unpaired) electrons. The van der Waals surface area contributed by atoms with Gasteiger partial charge in [0.1, 0.15) is 0 Å². The van der Waals surface area contributed by atoms with Gasteiger partial charge in [-0.05, 0) is 23.8 Å². The summed E-state index contributed by atoms with van der Waals surface area (Å²) in [6.07, 6.45) is -2.47. The molecule has 0 bridgehead atoms. The topological polar surface area (TPSA) is 58.0 Å². The van der Waals surface area contributed by atoms with Crippen LogP contribution in [-0.2, 0) is 6.18 Å². The van der Waals surface area contributed by atoms with Crippen LogP contribution in [0.3, 0.4) is 0 Å². The van der Waals surface area contributed by atoms with Crippen LogP contribution in [0.5, 0.6) is 0 Å². The average Bonchev–Trinajstić information content (AvgIpc) is 2.45. The van der Waals surface area contributed by atoms with Gasteiger partial charge in [-0.2, -0.15) is 13.2 Å². The van der Waals surface area contributed by atoms with Crippen molar-refractivity contribution in [3.8, 4) is 0 Å². The van der Waals surface area contributed by atoms with Crippen molar-refractivity contribution in [2.45, 2.75) is 12.3 Å². The Morgan fingerprint density at radius 2 is 1.85 bits per heavy atom. The normalized spacial score (nSPS) is 13.0. The van der Waals surface area contributed by atoms with Crippen molar-refractivity contribution in [1.29, 1.82) is 0 Å². The number of aliphatic hydroxyl groups excluding tert-OH is 1. The van der Waals surface area contributed by atoms with Gasteiger partial charge >= 0.3 is 6.18 Å². The van der Waals surface area contributed by atoms with Gasteiger partial charge < -0.3 is 10.4 Å². The Labute approximate surface area is 113 Å². The van der Waals surface area contributed by atoms with Crippen LogP contribution in [0.15, 0.2) is 42.7 Å². The van der Waals surface area contributed by atoms with Gasteiger partial charge in [-0.15, -0.1) is 0 Å². The maximum atomic E-state index is 12.6. The Hall–Kier alpha value is -2.15. The first-order valence-electron chi connectivity index (χ1n) is 5.83. The van der Waals surface area contributed by atoms with Gasteiger partial charge in [-0.25, -0.2) is 9.97 Å². The van der Waals surface area contributed by atoms with E-state index < -0.39 is 17.8 Å². The molecule has 0 saturated heterocycles. The molecule has 106 valence electrons. The fourth-order valence-electron chi connectivity index (χ4n) is 1.62. The largest absolute Gasteiger partial charge is 0.416 e. The minimum atomic E-state index is -4.42. The molecule has 0 aliphatic carbocycles. The number of aromatic nitrogens is 2. The number of aliphatic hydroxyl groups is 1. The Kier molecular flexibility index (Phi) is 4.19.